The van der Waals surface area contributed by atoms with Crippen molar-refractivity contribution in [3.8, 4) is 11.4 Å². The third-order valence-electron chi connectivity index (χ3n) is 3.15. The van der Waals surface area contributed by atoms with Gasteiger partial charge in [0.2, 0.25) is 11.7 Å². The molecule has 0 unspecified atom stereocenters. The summed E-state index contributed by atoms with van der Waals surface area (Å²) >= 11 is 0. The number of aromatic nitrogens is 5. The van der Waals surface area contributed by atoms with Crippen LogP contribution in [-0.2, 0) is 13.1 Å². The largest absolute Gasteiger partial charge is 0.348 e. The van der Waals surface area contributed by atoms with E-state index >= 15 is 0 Å². The van der Waals surface area contributed by atoms with Crippen molar-refractivity contribution in [1.82, 2.24) is 30.0 Å². The second kappa shape index (κ2) is 5.84. The number of hydrogen-bond donors (Lipinski definition) is 1. The van der Waals surface area contributed by atoms with Gasteiger partial charge in [0.1, 0.15) is 0 Å². The van der Waals surface area contributed by atoms with Gasteiger partial charge in [0.15, 0.2) is 0 Å². The maximum Gasteiger partial charge on any atom is 0.241 e. The van der Waals surface area contributed by atoms with Crippen molar-refractivity contribution < 1.29 is 4.52 Å². The minimum absolute atomic E-state index is 0.558. The summed E-state index contributed by atoms with van der Waals surface area (Å²) in [7, 11) is 1.99. The Hall–Kier alpha value is -2.54. The summed E-state index contributed by atoms with van der Waals surface area (Å²) in [4.78, 5) is 17.9. The smallest absolute Gasteiger partial charge is 0.241 e. The lowest BCUT2D eigenvalue weighted by atomic mass is 10.3. The van der Waals surface area contributed by atoms with E-state index < -0.39 is 0 Å². The third-order valence-corrected chi connectivity index (χ3v) is 3.15. The molecule has 1 N–H and O–H groups in total. The molecule has 0 aliphatic rings. The van der Waals surface area contributed by atoms with Crippen molar-refractivity contribution in [1.29, 1.82) is 0 Å². The molecule has 0 saturated heterocycles. The van der Waals surface area contributed by atoms with Crippen LogP contribution in [0.1, 0.15) is 17.3 Å². The summed E-state index contributed by atoms with van der Waals surface area (Å²) in [6.07, 6.45) is 5.13. The molecule has 3 heterocycles. The zero-order valence-electron chi connectivity index (χ0n) is 11.9. The first kappa shape index (κ1) is 13.4. The highest BCUT2D eigenvalue weighted by Crippen LogP contribution is 2.15. The van der Waals surface area contributed by atoms with Gasteiger partial charge in [0, 0.05) is 30.2 Å². The number of aryl methyl sites for hydroxylation is 1. The van der Waals surface area contributed by atoms with Gasteiger partial charge in [-0.3, -0.25) is 9.88 Å². The fourth-order valence-electron chi connectivity index (χ4n) is 2.02. The molecule has 7 heteroatoms. The molecular weight excluding hydrogens is 268 g/mol. The van der Waals surface area contributed by atoms with Crippen LogP contribution in [0.25, 0.3) is 11.4 Å². The number of H-pyrrole nitrogens is 1. The fraction of sp³-hybridized carbons (Fsp3) is 0.286. The van der Waals surface area contributed by atoms with E-state index in [4.69, 9.17) is 4.52 Å². The Morgan fingerprint density at radius 1 is 1.33 bits per heavy atom. The molecule has 3 rings (SSSR count). The molecule has 0 aliphatic carbocycles. The standard InChI is InChI=1S/C14H16N6O/c1-10-12(17-9-16-10)7-20(2)8-13-18-14(19-21-13)11-4-3-5-15-6-11/h3-6,9H,7-8H2,1-2H3,(H,16,17). The molecule has 0 bridgehead atoms. The molecule has 0 spiro atoms. The van der Waals surface area contributed by atoms with Crippen LogP contribution in [0.3, 0.4) is 0 Å². The lowest BCUT2D eigenvalue weighted by molar-refractivity contribution is 0.258. The molecule has 0 radical (unpaired) electrons. The second-order valence-electron chi connectivity index (χ2n) is 4.90. The van der Waals surface area contributed by atoms with Gasteiger partial charge in [-0.2, -0.15) is 4.98 Å². The average molecular weight is 284 g/mol. The summed E-state index contributed by atoms with van der Waals surface area (Å²) in [5.74, 6) is 1.13. The number of rotatable bonds is 5. The second-order valence-corrected chi connectivity index (χ2v) is 4.90. The first-order valence-electron chi connectivity index (χ1n) is 6.63. The van der Waals surface area contributed by atoms with Crippen molar-refractivity contribution in [2.75, 3.05) is 7.05 Å². The molecular formula is C14H16N6O. The number of hydrogen-bond acceptors (Lipinski definition) is 6. The van der Waals surface area contributed by atoms with Crippen LogP contribution in [0.4, 0.5) is 0 Å². The molecule has 3 aromatic heterocycles. The molecule has 0 aliphatic heterocycles. The first-order chi connectivity index (χ1) is 10.2. The SMILES string of the molecule is Cc1[nH]cnc1CN(C)Cc1nc(-c2cccnc2)no1. The third kappa shape index (κ3) is 3.14. The van der Waals surface area contributed by atoms with Gasteiger partial charge in [-0.15, -0.1) is 0 Å². The van der Waals surface area contributed by atoms with Crippen LogP contribution in [0, 0.1) is 6.92 Å². The molecule has 7 nitrogen and oxygen atoms in total. The minimum Gasteiger partial charge on any atom is -0.348 e. The molecule has 0 amide bonds. The summed E-state index contributed by atoms with van der Waals surface area (Å²) in [5, 5.41) is 3.98. The normalized spacial score (nSPS) is 11.2. The minimum atomic E-state index is 0.558. The maximum absolute atomic E-state index is 5.28. The molecule has 0 fully saturated rings. The van der Waals surface area contributed by atoms with E-state index in [9.17, 15) is 0 Å². The number of pyridine rings is 1. The molecule has 3 aromatic rings. The monoisotopic (exact) mass is 284 g/mol. The van der Waals surface area contributed by atoms with Crippen molar-refractivity contribution in [3.63, 3.8) is 0 Å². The van der Waals surface area contributed by atoms with E-state index in [1.165, 1.54) is 0 Å². The summed E-state index contributed by atoms with van der Waals surface area (Å²) < 4.78 is 5.28. The van der Waals surface area contributed by atoms with Gasteiger partial charge >= 0.3 is 0 Å². The molecule has 0 saturated carbocycles. The lowest BCUT2D eigenvalue weighted by Gasteiger charge is -2.12. The highest BCUT2D eigenvalue weighted by atomic mass is 16.5. The predicted octanol–water partition coefficient (Wildman–Crippen LogP) is 1.80. The molecule has 0 atom stereocenters. The highest BCUT2D eigenvalue weighted by Gasteiger charge is 2.12. The van der Waals surface area contributed by atoms with Crippen LogP contribution in [-0.4, -0.2) is 37.0 Å². The van der Waals surface area contributed by atoms with Gasteiger partial charge in [-0.25, -0.2) is 4.98 Å². The van der Waals surface area contributed by atoms with Crippen molar-refractivity contribution in [2.24, 2.45) is 0 Å². The van der Waals surface area contributed by atoms with Crippen LogP contribution in [0.15, 0.2) is 35.4 Å². The molecule has 108 valence electrons. The van der Waals surface area contributed by atoms with Crippen LogP contribution in [0.2, 0.25) is 0 Å². The van der Waals surface area contributed by atoms with Gasteiger partial charge in [0.25, 0.3) is 0 Å². The zero-order valence-corrected chi connectivity index (χ0v) is 11.9. The topological polar surface area (TPSA) is 83.7 Å². The summed E-state index contributed by atoms with van der Waals surface area (Å²) in [6, 6.07) is 3.75. The van der Waals surface area contributed by atoms with E-state index in [-0.39, 0.29) is 0 Å². The summed E-state index contributed by atoms with van der Waals surface area (Å²) in [6.45, 7) is 3.29. The molecule has 0 aromatic carbocycles. The quantitative estimate of drug-likeness (QED) is 0.769. The van der Waals surface area contributed by atoms with Gasteiger partial charge in [-0.05, 0) is 26.1 Å². The Bertz CT molecular complexity index is 705. The Kier molecular flexibility index (Phi) is 3.74. The Morgan fingerprint density at radius 2 is 2.24 bits per heavy atom. The van der Waals surface area contributed by atoms with Gasteiger partial charge in [-0.1, -0.05) is 5.16 Å². The van der Waals surface area contributed by atoms with E-state index in [1.54, 1.807) is 18.7 Å². The van der Waals surface area contributed by atoms with Crippen LogP contribution < -0.4 is 0 Å². The highest BCUT2D eigenvalue weighted by molar-refractivity contribution is 5.51. The van der Waals surface area contributed by atoms with Crippen molar-refractivity contribution >= 4 is 0 Å². The van der Waals surface area contributed by atoms with Gasteiger partial charge in [0.05, 0.1) is 18.6 Å². The van der Waals surface area contributed by atoms with E-state index in [1.807, 2.05) is 26.1 Å². The number of imidazole rings is 1. The van der Waals surface area contributed by atoms with E-state index in [2.05, 4.69) is 30.0 Å². The Labute approximate surface area is 122 Å². The Morgan fingerprint density at radius 3 is 2.95 bits per heavy atom. The number of nitrogens with zero attached hydrogens (tertiary/aromatic N) is 5. The average Bonchev–Trinajstić information content (AvgIpc) is 3.10. The van der Waals surface area contributed by atoms with E-state index in [0.717, 1.165) is 23.5 Å². The summed E-state index contributed by atoms with van der Waals surface area (Å²) in [5.41, 5.74) is 2.94. The Balaban J connectivity index is 1.66. The first-order valence-corrected chi connectivity index (χ1v) is 6.63. The number of aromatic amines is 1. The van der Waals surface area contributed by atoms with Crippen LogP contribution >= 0.6 is 0 Å². The van der Waals surface area contributed by atoms with Crippen LogP contribution in [0.5, 0.6) is 0 Å². The van der Waals surface area contributed by atoms with Gasteiger partial charge < -0.3 is 9.51 Å². The fourth-order valence-corrected chi connectivity index (χ4v) is 2.02. The maximum atomic E-state index is 5.28. The van der Waals surface area contributed by atoms with E-state index in [0.29, 0.717) is 18.3 Å². The predicted molar refractivity (Wildman–Crippen MR) is 76.0 cm³/mol. The zero-order chi connectivity index (χ0) is 14.7. The number of nitrogens with one attached hydrogen (secondary N) is 1. The lowest BCUT2D eigenvalue weighted by Crippen LogP contribution is -2.18. The molecule has 21 heavy (non-hydrogen) atoms. The van der Waals surface area contributed by atoms with Crippen molar-refractivity contribution in [2.45, 2.75) is 20.0 Å². The van der Waals surface area contributed by atoms with Crippen molar-refractivity contribution in [3.05, 3.63) is 48.1 Å².